The molecular formula is C27H29F6NO3. The average Bonchev–Trinajstić information content (AvgIpc) is 3.66. The van der Waals surface area contributed by atoms with E-state index in [1.54, 1.807) is 6.92 Å². The van der Waals surface area contributed by atoms with E-state index in [-0.39, 0.29) is 60.1 Å². The van der Waals surface area contributed by atoms with Crippen LogP contribution in [0.3, 0.4) is 0 Å². The summed E-state index contributed by atoms with van der Waals surface area (Å²) in [5.41, 5.74) is -3.12. The molecular weight excluding hydrogens is 500 g/mol. The summed E-state index contributed by atoms with van der Waals surface area (Å²) in [6, 6.07) is 5.91. The Kier molecular flexibility index (Phi) is 8.41. The number of benzene rings is 2. The third-order valence-corrected chi connectivity index (χ3v) is 6.41. The number of hydrogen-bond donors (Lipinski definition) is 1. The topological polar surface area (TPSA) is 55.4 Å². The summed E-state index contributed by atoms with van der Waals surface area (Å²) in [6.07, 6.45) is -7.50. The number of ether oxygens (including phenoxy) is 1. The first-order valence-electron chi connectivity index (χ1n) is 12.0. The van der Waals surface area contributed by atoms with Crippen molar-refractivity contribution >= 4 is 11.8 Å². The van der Waals surface area contributed by atoms with E-state index in [1.165, 1.54) is 19.9 Å². The zero-order valence-corrected chi connectivity index (χ0v) is 20.8. The predicted molar refractivity (Wildman–Crippen MR) is 126 cm³/mol. The van der Waals surface area contributed by atoms with Gasteiger partial charge in [-0.25, -0.2) is 0 Å². The number of esters is 1. The summed E-state index contributed by atoms with van der Waals surface area (Å²) >= 11 is 0. The van der Waals surface area contributed by atoms with Crippen LogP contribution in [0.4, 0.5) is 26.3 Å². The second-order valence-corrected chi connectivity index (χ2v) is 9.68. The van der Waals surface area contributed by atoms with Crippen LogP contribution < -0.4 is 5.32 Å². The van der Waals surface area contributed by atoms with Gasteiger partial charge in [-0.15, -0.1) is 0 Å². The normalized spacial score (nSPS) is 14.5. The number of ketones is 1. The maximum atomic E-state index is 13.8. The molecule has 0 heterocycles. The number of Topliss-reactive ketones (excluding diaryl/α,β-unsaturated/α-hetero) is 1. The standard InChI is InChI=1S/C27H29F6NO3/c1-4-37-24(36)25(2,3)20-11-17(12-21(14-20)27(31,32)33)22-8-7-19(26(28,29)30)13-18(22)15-34-10-9-23(35)16-5-6-16/h7-8,11-14,16,34H,4-6,9-10,15H2,1-3H3. The monoisotopic (exact) mass is 529 g/mol. The third-order valence-electron chi connectivity index (χ3n) is 6.41. The minimum atomic E-state index is -4.76. The molecule has 0 amide bonds. The molecule has 0 aliphatic heterocycles. The number of hydrogen-bond acceptors (Lipinski definition) is 4. The molecule has 0 unspecified atom stereocenters. The first-order chi connectivity index (χ1) is 17.1. The highest BCUT2D eigenvalue weighted by Gasteiger charge is 2.37. The van der Waals surface area contributed by atoms with Crippen molar-refractivity contribution in [3.05, 3.63) is 58.7 Å². The van der Waals surface area contributed by atoms with Crippen LogP contribution in [0.2, 0.25) is 0 Å². The molecule has 0 bridgehead atoms. The van der Waals surface area contributed by atoms with Crippen LogP contribution in [0.1, 0.15) is 62.3 Å². The van der Waals surface area contributed by atoms with Gasteiger partial charge in [-0.1, -0.05) is 6.07 Å². The molecule has 4 nitrogen and oxygen atoms in total. The molecule has 0 atom stereocenters. The molecule has 2 aromatic carbocycles. The van der Waals surface area contributed by atoms with E-state index in [0.717, 1.165) is 43.2 Å². The molecule has 10 heteroatoms. The molecule has 0 spiro atoms. The van der Waals surface area contributed by atoms with Crippen LogP contribution in [-0.2, 0) is 38.6 Å². The van der Waals surface area contributed by atoms with Gasteiger partial charge < -0.3 is 10.1 Å². The molecule has 0 saturated heterocycles. The van der Waals surface area contributed by atoms with Crippen LogP contribution >= 0.6 is 0 Å². The van der Waals surface area contributed by atoms with Crippen LogP contribution in [0.25, 0.3) is 11.1 Å². The molecule has 0 radical (unpaired) electrons. The summed E-state index contributed by atoms with van der Waals surface area (Å²) in [7, 11) is 0. The maximum Gasteiger partial charge on any atom is 0.416 e. The fraction of sp³-hybridized carbons (Fsp3) is 0.481. The Morgan fingerprint density at radius 2 is 1.54 bits per heavy atom. The smallest absolute Gasteiger partial charge is 0.416 e. The van der Waals surface area contributed by atoms with E-state index in [4.69, 9.17) is 4.74 Å². The summed E-state index contributed by atoms with van der Waals surface area (Å²) in [6.45, 7) is 4.60. The van der Waals surface area contributed by atoms with Gasteiger partial charge in [-0.3, -0.25) is 9.59 Å². The number of alkyl halides is 6. The van der Waals surface area contributed by atoms with E-state index in [9.17, 15) is 35.9 Å². The van der Waals surface area contributed by atoms with E-state index in [0.29, 0.717) is 0 Å². The van der Waals surface area contributed by atoms with Crippen molar-refractivity contribution in [3.63, 3.8) is 0 Å². The quantitative estimate of drug-likeness (QED) is 0.212. The lowest BCUT2D eigenvalue weighted by atomic mass is 9.81. The summed E-state index contributed by atoms with van der Waals surface area (Å²) in [5, 5.41) is 2.94. The molecule has 0 aromatic heterocycles. The van der Waals surface area contributed by atoms with Crippen molar-refractivity contribution in [2.75, 3.05) is 13.2 Å². The minimum Gasteiger partial charge on any atom is -0.465 e. The number of nitrogens with one attached hydrogen (secondary N) is 1. The maximum absolute atomic E-state index is 13.8. The molecule has 37 heavy (non-hydrogen) atoms. The fourth-order valence-electron chi connectivity index (χ4n) is 3.98. The Balaban J connectivity index is 2.04. The molecule has 1 aliphatic rings. The zero-order chi connectivity index (χ0) is 27.6. The molecule has 2 aromatic rings. The number of halogens is 6. The van der Waals surface area contributed by atoms with E-state index in [1.807, 2.05) is 0 Å². The van der Waals surface area contributed by atoms with E-state index < -0.39 is 34.9 Å². The summed E-state index contributed by atoms with van der Waals surface area (Å²) < 4.78 is 86.7. The third kappa shape index (κ3) is 7.12. The van der Waals surface area contributed by atoms with Crippen molar-refractivity contribution in [2.45, 2.75) is 64.3 Å². The SMILES string of the molecule is CCOC(=O)C(C)(C)c1cc(-c2ccc(C(F)(F)F)cc2CNCCC(=O)C2CC2)cc(C(F)(F)F)c1. The highest BCUT2D eigenvalue weighted by molar-refractivity contribution is 5.84. The Morgan fingerprint density at radius 1 is 0.919 bits per heavy atom. The predicted octanol–water partition coefficient (Wildman–Crippen LogP) is 6.69. The van der Waals surface area contributed by atoms with Gasteiger partial charge in [0.05, 0.1) is 23.1 Å². The molecule has 1 fully saturated rings. The van der Waals surface area contributed by atoms with Gasteiger partial charge in [0.1, 0.15) is 5.78 Å². The Labute approximate surface area is 211 Å². The highest BCUT2D eigenvalue weighted by Crippen LogP contribution is 2.39. The molecule has 3 rings (SSSR count). The van der Waals surface area contributed by atoms with Crippen molar-refractivity contribution in [1.82, 2.24) is 5.32 Å². The van der Waals surface area contributed by atoms with Gasteiger partial charge in [0.25, 0.3) is 0 Å². The van der Waals surface area contributed by atoms with Gasteiger partial charge in [0.15, 0.2) is 0 Å². The van der Waals surface area contributed by atoms with E-state index >= 15 is 0 Å². The lowest BCUT2D eigenvalue weighted by molar-refractivity contribution is -0.149. The van der Waals surface area contributed by atoms with Crippen molar-refractivity contribution in [1.29, 1.82) is 0 Å². The Hall–Kier alpha value is -2.88. The molecule has 1 N–H and O–H groups in total. The Morgan fingerprint density at radius 3 is 2.11 bits per heavy atom. The second-order valence-electron chi connectivity index (χ2n) is 9.68. The van der Waals surface area contributed by atoms with Crippen molar-refractivity contribution < 1.29 is 40.7 Å². The molecule has 202 valence electrons. The summed E-state index contributed by atoms with van der Waals surface area (Å²) in [4.78, 5) is 24.4. The number of rotatable bonds is 10. The van der Waals surface area contributed by atoms with Crippen molar-refractivity contribution in [3.8, 4) is 11.1 Å². The van der Waals surface area contributed by atoms with E-state index in [2.05, 4.69) is 5.32 Å². The van der Waals surface area contributed by atoms with Gasteiger partial charge in [-0.05, 0) is 86.2 Å². The van der Waals surface area contributed by atoms with Crippen LogP contribution in [0.5, 0.6) is 0 Å². The van der Waals surface area contributed by atoms with Gasteiger partial charge in [0.2, 0.25) is 0 Å². The zero-order valence-electron chi connectivity index (χ0n) is 20.8. The van der Waals surface area contributed by atoms with Crippen molar-refractivity contribution in [2.24, 2.45) is 5.92 Å². The summed E-state index contributed by atoms with van der Waals surface area (Å²) in [5.74, 6) is -0.590. The Bertz CT molecular complexity index is 1150. The average molecular weight is 530 g/mol. The lowest BCUT2D eigenvalue weighted by Crippen LogP contribution is -2.31. The van der Waals surface area contributed by atoms with Gasteiger partial charge in [0, 0.05) is 25.4 Å². The van der Waals surface area contributed by atoms with Crippen LogP contribution in [0.15, 0.2) is 36.4 Å². The number of carbonyl (C=O) groups excluding carboxylic acids is 2. The van der Waals surface area contributed by atoms with Gasteiger partial charge >= 0.3 is 18.3 Å². The lowest BCUT2D eigenvalue weighted by Gasteiger charge is -2.25. The van der Waals surface area contributed by atoms with Gasteiger partial charge in [-0.2, -0.15) is 26.3 Å². The highest BCUT2D eigenvalue weighted by atomic mass is 19.4. The number of carbonyl (C=O) groups is 2. The minimum absolute atomic E-state index is 0.0155. The molecule has 1 saturated carbocycles. The second kappa shape index (κ2) is 10.8. The first kappa shape index (κ1) is 28.7. The largest absolute Gasteiger partial charge is 0.465 e. The van der Waals surface area contributed by atoms with Crippen LogP contribution in [0, 0.1) is 5.92 Å². The van der Waals surface area contributed by atoms with Crippen LogP contribution in [-0.4, -0.2) is 24.9 Å². The first-order valence-corrected chi connectivity index (χ1v) is 12.0. The fourth-order valence-corrected chi connectivity index (χ4v) is 3.98. The molecule has 1 aliphatic carbocycles.